The molecule has 8 nitrogen and oxygen atoms in total. The van der Waals surface area contributed by atoms with Gasteiger partial charge in [-0.05, 0) is 39.8 Å². The number of ether oxygens (including phenoxy) is 1. The fourth-order valence-corrected chi connectivity index (χ4v) is 1.97. The van der Waals surface area contributed by atoms with E-state index in [0.29, 0.717) is 25.6 Å². The first-order valence-electron chi connectivity index (χ1n) is 8.83. The molecule has 0 bridgehead atoms. The molecule has 1 aromatic heterocycles. The molecule has 0 saturated carbocycles. The van der Waals surface area contributed by atoms with Gasteiger partial charge in [-0.1, -0.05) is 6.07 Å². The molecule has 27 heavy (non-hydrogen) atoms. The Morgan fingerprint density at radius 2 is 1.85 bits per heavy atom. The minimum Gasteiger partial charge on any atom is -0.444 e. The minimum absolute atomic E-state index is 0. The van der Waals surface area contributed by atoms with E-state index in [-0.39, 0.29) is 24.0 Å². The Hall–Kier alpha value is -1.78. The average Bonchev–Trinajstić information content (AvgIpc) is 2.55. The standard InChI is InChI=1S/C18H32N6O2.HI/c1-7-19-16(20-11-12-21-17(25)26-18(2,3)4)22-13-14-9-8-10-15(23-14)24(5)6;/h8-10H,7,11-13H2,1-6H3,(H,21,25)(H2,19,20,22);1H. The van der Waals surface area contributed by atoms with Crippen molar-refractivity contribution >= 4 is 41.8 Å². The summed E-state index contributed by atoms with van der Waals surface area (Å²) in [5.41, 5.74) is 0.391. The third kappa shape index (κ3) is 11.5. The Balaban J connectivity index is 0.00000676. The molecule has 3 N–H and O–H groups in total. The van der Waals surface area contributed by atoms with Gasteiger partial charge in [0.25, 0.3) is 0 Å². The number of carbonyl (C=O) groups is 1. The van der Waals surface area contributed by atoms with Crippen molar-refractivity contribution in [1.29, 1.82) is 0 Å². The summed E-state index contributed by atoms with van der Waals surface area (Å²) in [6.07, 6.45) is -0.425. The van der Waals surface area contributed by atoms with Gasteiger partial charge in [0.05, 0.1) is 12.2 Å². The zero-order valence-electron chi connectivity index (χ0n) is 17.1. The number of nitrogens with one attached hydrogen (secondary N) is 3. The second-order valence-corrected chi connectivity index (χ2v) is 6.93. The number of guanidine groups is 1. The van der Waals surface area contributed by atoms with E-state index >= 15 is 0 Å². The number of nitrogens with zero attached hydrogens (tertiary/aromatic N) is 3. The van der Waals surface area contributed by atoms with E-state index in [9.17, 15) is 4.79 Å². The zero-order chi connectivity index (χ0) is 19.6. The maximum Gasteiger partial charge on any atom is 0.407 e. The minimum atomic E-state index is -0.498. The van der Waals surface area contributed by atoms with E-state index in [0.717, 1.165) is 18.1 Å². The van der Waals surface area contributed by atoms with Crippen molar-refractivity contribution in [1.82, 2.24) is 20.9 Å². The second kappa shape index (κ2) is 12.6. The van der Waals surface area contributed by atoms with Crippen LogP contribution in [-0.4, -0.2) is 56.4 Å². The zero-order valence-corrected chi connectivity index (χ0v) is 19.5. The number of aliphatic imine (C=N–C) groups is 1. The fraction of sp³-hybridized carbons (Fsp3) is 0.611. The number of amides is 1. The highest BCUT2D eigenvalue weighted by Crippen LogP contribution is 2.08. The van der Waals surface area contributed by atoms with Crippen molar-refractivity contribution in [2.24, 2.45) is 4.99 Å². The lowest BCUT2D eigenvalue weighted by atomic mass is 10.2. The fourth-order valence-electron chi connectivity index (χ4n) is 1.97. The van der Waals surface area contributed by atoms with Gasteiger partial charge in [0.2, 0.25) is 0 Å². The van der Waals surface area contributed by atoms with Crippen molar-refractivity contribution in [2.45, 2.75) is 39.8 Å². The highest BCUT2D eigenvalue weighted by Gasteiger charge is 2.15. The molecule has 0 fully saturated rings. The lowest BCUT2D eigenvalue weighted by Crippen LogP contribution is -2.42. The molecule has 9 heteroatoms. The Labute approximate surface area is 179 Å². The highest BCUT2D eigenvalue weighted by molar-refractivity contribution is 14.0. The van der Waals surface area contributed by atoms with Crippen molar-refractivity contribution in [3.63, 3.8) is 0 Å². The van der Waals surface area contributed by atoms with Crippen molar-refractivity contribution in [2.75, 3.05) is 38.6 Å². The first kappa shape index (κ1) is 25.2. The van der Waals surface area contributed by atoms with E-state index in [4.69, 9.17) is 4.74 Å². The molecule has 0 unspecified atom stereocenters. The Morgan fingerprint density at radius 1 is 1.19 bits per heavy atom. The molecule has 0 spiro atoms. The van der Waals surface area contributed by atoms with Gasteiger partial charge >= 0.3 is 6.09 Å². The SMILES string of the molecule is CCNC(=NCc1cccc(N(C)C)n1)NCCNC(=O)OC(C)(C)C.I. The molecule has 1 amide bonds. The molecule has 0 radical (unpaired) electrons. The molecule has 0 saturated heterocycles. The van der Waals surface area contributed by atoms with E-state index in [1.807, 2.05) is 64.9 Å². The van der Waals surface area contributed by atoms with Crippen LogP contribution in [0.15, 0.2) is 23.2 Å². The van der Waals surface area contributed by atoms with Gasteiger partial charge in [-0.15, -0.1) is 24.0 Å². The summed E-state index contributed by atoms with van der Waals surface area (Å²) in [7, 11) is 3.91. The number of alkyl carbamates (subject to hydrolysis) is 1. The predicted octanol–water partition coefficient (Wildman–Crippen LogP) is 2.35. The topological polar surface area (TPSA) is 90.9 Å². The van der Waals surface area contributed by atoms with Gasteiger partial charge in [0.15, 0.2) is 5.96 Å². The summed E-state index contributed by atoms with van der Waals surface area (Å²) >= 11 is 0. The molecular weight excluding hydrogens is 459 g/mol. The number of halogens is 1. The number of hydrogen-bond donors (Lipinski definition) is 3. The first-order valence-corrected chi connectivity index (χ1v) is 8.83. The third-order valence-corrected chi connectivity index (χ3v) is 3.08. The first-order chi connectivity index (χ1) is 12.2. The monoisotopic (exact) mass is 492 g/mol. The second-order valence-electron chi connectivity index (χ2n) is 6.93. The van der Waals surface area contributed by atoms with E-state index in [1.165, 1.54) is 0 Å². The van der Waals surface area contributed by atoms with Crippen LogP contribution in [0.5, 0.6) is 0 Å². The summed E-state index contributed by atoms with van der Waals surface area (Å²) in [6, 6.07) is 5.88. The summed E-state index contributed by atoms with van der Waals surface area (Å²) < 4.78 is 5.19. The van der Waals surface area contributed by atoms with Gasteiger partial charge < -0.3 is 25.6 Å². The molecule has 0 aliphatic carbocycles. The van der Waals surface area contributed by atoms with E-state index < -0.39 is 11.7 Å². The summed E-state index contributed by atoms with van der Waals surface area (Å²) in [5.74, 6) is 1.58. The van der Waals surface area contributed by atoms with Crippen molar-refractivity contribution < 1.29 is 9.53 Å². The summed E-state index contributed by atoms with van der Waals surface area (Å²) in [6.45, 7) is 9.69. The highest BCUT2D eigenvalue weighted by atomic mass is 127. The lowest BCUT2D eigenvalue weighted by Gasteiger charge is -2.19. The van der Waals surface area contributed by atoms with Crippen LogP contribution in [0.1, 0.15) is 33.4 Å². The maximum atomic E-state index is 11.6. The Bertz CT molecular complexity index is 602. The van der Waals surface area contributed by atoms with Crippen LogP contribution in [0.3, 0.4) is 0 Å². The number of aromatic nitrogens is 1. The third-order valence-electron chi connectivity index (χ3n) is 3.08. The average molecular weight is 492 g/mol. The van der Waals surface area contributed by atoms with Crippen LogP contribution in [0.4, 0.5) is 10.6 Å². The quantitative estimate of drug-likeness (QED) is 0.234. The molecular formula is C18H33IN6O2. The lowest BCUT2D eigenvalue weighted by molar-refractivity contribution is 0.0529. The molecule has 0 aliphatic rings. The summed E-state index contributed by atoms with van der Waals surface area (Å²) in [5, 5.41) is 9.06. The van der Waals surface area contributed by atoms with Gasteiger partial charge in [-0.25, -0.2) is 14.8 Å². The molecule has 1 rings (SSSR count). The van der Waals surface area contributed by atoms with Gasteiger partial charge in [0.1, 0.15) is 11.4 Å². The Kier molecular flexibility index (Phi) is 11.7. The molecule has 0 aliphatic heterocycles. The maximum absolute atomic E-state index is 11.6. The number of pyridine rings is 1. The molecule has 1 heterocycles. The Morgan fingerprint density at radius 3 is 2.44 bits per heavy atom. The number of rotatable bonds is 7. The van der Waals surface area contributed by atoms with E-state index in [2.05, 4.69) is 25.9 Å². The van der Waals surface area contributed by atoms with Crippen molar-refractivity contribution in [3.05, 3.63) is 23.9 Å². The molecule has 0 atom stereocenters. The number of hydrogen-bond acceptors (Lipinski definition) is 5. The van der Waals surface area contributed by atoms with Crippen LogP contribution >= 0.6 is 24.0 Å². The van der Waals surface area contributed by atoms with Crippen LogP contribution in [0.2, 0.25) is 0 Å². The molecule has 154 valence electrons. The predicted molar refractivity (Wildman–Crippen MR) is 121 cm³/mol. The van der Waals surface area contributed by atoms with Crippen LogP contribution in [0.25, 0.3) is 0 Å². The van der Waals surface area contributed by atoms with Gasteiger partial charge in [-0.2, -0.15) is 0 Å². The van der Waals surface area contributed by atoms with E-state index in [1.54, 1.807) is 0 Å². The molecule has 0 aromatic carbocycles. The largest absolute Gasteiger partial charge is 0.444 e. The van der Waals surface area contributed by atoms with Crippen LogP contribution in [0, 0.1) is 0 Å². The van der Waals surface area contributed by atoms with Crippen molar-refractivity contribution in [3.8, 4) is 0 Å². The number of anilines is 1. The van der Waals surface area contributed by atoms with Crippen LogP contribution < -0.4 is 20.9 Å². The molecule has 1 aromatic rings. The van der Waals surface area contributed by atoms with Gasteiger partial charge in [-0.3, -0.25) is 0 Å². The van der Waals surface area contributed by atoms with Crippen LogP contribution in [-0.2, 0) is 11.3 Å². The smallest absolute Gasteiger partial charge is 0.407 e. The number of carbonyl (C=O) groups excluding carboxylic acids is 1. The summed E-state index contributed by atoms with van der Waals surface area (Å²) in [4.78, 5) is 22.6. The van der Waals surface area contributed by atoms with Gasteiger partial charge in [0, 0.05) is 33.7 Å². The normalized spacial score (nSPS) is 11.3.